The molecule has 0 spiro atoms. The molecule has 4 rings (SSSR count). The van der Waals surface area contributed by atoms with Gasteiger partial charge in [-0.3, -0.25) is 4.79 Å². The molecule has 4 aromatic rings. The van der Waals surface area contributed by atoms with Gasteiger partial charge in [-0.2, -0.15) is 13.2 Å². The van der Waals surface area contributed by atoms with Crippen molar-refractivity contribution in [2.24, 2.45) is 0 Å². The highest BCUT2D eigenvalue weighted by atomic mass is 127. The normalized spacial score (nSPS) is 11.3. The Labute approximate surface area is 224 Å². The van der Waals surface area contributed by atoms with Crippen LogP contribution in [0.25, 0.3) is 11.1 Å². The van der Waals surface area contributed by atoms with Gasteiger partial charge in [0.15, 0.2) is 5.16 Å². The van der Waals surface area contributed by atoms with E-state index in [1.165, 1.54) is 23.9 Å². The fourth-order valence-electron chi connectivity index (χ4n) is 3.49. The Balaban J connectivity index is 1.59. The fourth-order valence-corrected chi connectivity index (χ4v) is 4.22. The van der Waals surface area contributed by atoms with Crippen LogP contribution in [0.5, 0.6) is 0 Å². The molecule has 2 N–H and O–H groups in total. The third-order valence-electron chi connectivity index (χ3n) is 5.29. The van der Waals surface area contributed by atoms with Gasteiger partial charge in [0, 0.05) is 23.1 Å². The van der Waals surface area contributed by atoms with Crippen molar-refractivity contribution in [3.63, 3.8) is 0 Å². The summed E-state index contributed by atoms with van der Waals surface area (Å²) < 4.78 is 40.0. The molecule has 0 saturated carbocycles. The van der Waals surface area contributed by atoms with E-state index in [0.717, 1.165) is 38.1 Å². The molecule has 3 aromatic carbocycles. The number of carbonyl (C=O) groups is 1. The van der Waals surface area contributed by atoms with Crippen molar-refractivity contribution >= 4 is 57.5 Å². The number of benzene rings is 3. The van der Waals surface area contributed by atoms with Crippen molar-refractivity contribution in [2.45, 2.75) is 18.3 Å². The molecule has 0 aliphatic carbocycles. The van der Waals surface area contributed by atoms with Gasteiger partial charge in [-0.15, -0.1) is 0 Å². The lowest BCUT2D eigenvalue weighted by Gasteiger charge is -2.13. The molecule has 0 saturated heterocycles. The average Bonchev–Trinajstić information content (AvgIpc) is 2.86. The van der Waals surface area contributed by atoms with Gasteiger partial charge in [-0.25, -0.2) is 9.97 Å². The van der Waals surface area contributed by atoms with Crippen molar-refractivity contribution in [2.75, 3.05) is 16.9 Å². The molecule has 184 valence electrons. The summed E-state index contributed by atoms with van der Waals surface area (Å²) in [6, 6.07) is 17.5. The van der Waals surface area contributed by atoms with Gasteiger partial charge >= 0.3 is 6.18 Å². The molecule has 1 amide bonds. The molecule has 0 atom stereocenters. The van der Waals surface area contributed by atoms with Crippen LogP contribution in [0.2, 0.25) is 0 Å². The Bertz CT molecular complexity index is 1430. The van der Waals surface area contributed by atoms with Crippen LogP contribution in [0.15, 0.2) is 78.1 Å². The maximum atomic E-state index is 13.0. The third-order valence-corrected chi connectivity index (χ3v) is 6.64. The molecule has 5 nitrogen and oxygen atoms in total. The minimum atomic E-state index is -4.52. The van der Waals surface area contributed by atoms with Crippen molar-refractivity contribution < 1.29 is 18.0 Å². The second-order valence-corrected chi connectivity index (χ2v) is 9.76. The summed E-state index contributed by atoms with van der Waals surface area (Å²) in [6.07, 6.45) is -0.854. The zero-order valence-corrected chi connectivity index (χ0v) is 22.1. The van der Waals surface area contributed by atoms with E-state index in [4.69, 9.17) is 0 Å². The molecule has 36 heavy (non-hydrogen) atoms. The predicted molar refractivity (Wildman–Crippen MR) is 146 cm³/mol. The highest BCUT2D eigenvalue weighted by Crippen LogP contribution is 2.32. The molecule has 0 unspecified atom stereocenters. The number of hydrogen-bond acceptors (Lipinski definition) is 5. The van der Waals surface area contributed by atoms with E-state index >= 15 is 0 Å². The van der Waals surface area contributed by atoms with Gasteiger partial charge < -0.3 is 10.6 Å². The van der Waals surface area contributed by atoms with E-state index in [1.807, 2.05) is 43.5 Å². The lowest BCUT2D eigenvalue weighted by Crippen LogP contribution is -2.14. The van der Waals surface area contributed by atoms with Crippen molar-refractivity contribution in [3.05, 3.63) is 93.2 Å². The Morgan fingerprint density at radius 1 is 1.00 bits per heavy atom. The average molecular weight is 620 g/mol. The number of nitrogens with one attached hydrogen (secondary N) is 2. The molecular formula is C26H20F3IN4OS. The largest absolute Gasteiger partial charge is 0.416 e. The Hall–Kier alpha value is -3.12. The number of aryl methyl sites for hydroxylation is 1. The summed E-state index contributed by atoms with van der Waals surface area (Å²) in [5.74, 6) is 0.0835. The smallest absolute Gasteiger partial charge is 0.339 e. The van der Waals surface area contributed by atoms with Crippen LogP contribution >= 0.6 is 34.4 Å². The molecule has 1 aromatic heterocycles. The highest BCUT2D eigenvalue weighted by molar-refractivity contribution is 14.1. The van der Waals surface area contributed by atoms with Crippen LogP contribution in [-0.4, -0.2) is 22.1 Å². The quantitative estimate of drug-likeness (QED) is 0.131. The molecule has 0 fully saturated rings. The lowest BCUT2D eigenvalue weighted by atomic mass is 9.99. The van der Waals surface area contributed by atoms with E-state index in [0.29, 0.717) is 16.7 Å². The number of hydrogen-bond donors (Lipinski definition) is 2. The molecular weight excluding hydrogens is 600 g/mol. The second-order valence-electron chi connectivity index (χ2n) is 7.82. The van der Waals surface area contributed by atoms with Gasteiger partial charge in [-0.1, -0.05) is 36.0 Å². The van der Waals surface area contributed by atoms with Gasteiger partial charge in [0.1, 0.15) is 5.82 Å². The zero-order chi connectivity index (χ0) is 25.9. The number of carbonyl (C=O) groups excluding carboxylic acids is 1. The minimum Gasteiger partial charge on any atom is -0.339 e. The number of rotatable bonds is 6. The van der Waals surface area contributed by atoms with E-state index in [2.05, 4.69) is 43.2 Å². The number of halogens is 4. The SMILES string of the molecule is CSc1ncc(I)c(Nc2cccc(-c3cc(NC(=O)c4cccc(C(F)(F)F)c4)ccc3C)c2)n1. The summed E-state index contributed by atoms with van der Waals surface area (Å²) in [7, 11) is 0. The molecule has 0 bridgehead atoms. The van der Waals surface area contributed by atoms with Crippen molar-refractivity contribution in [1.29, 1.82) is 0 Å². The number of aromatic nitrogens is 2. The van der Waals surface area contributed by atoms with Crippen molar-refractivity contribution in [1.82, 2.24) is 9.97 Å². The minimum absolute atomic E-state index is 0.0674. The summed E-state index contributed by atoms with van der Waals surface area (Å²) >= 11 is 3.63. The standard InChI is InChI=1S/C26H20F3IN4OS/c1-15-9-10-20(33-24(35)17-6-3-7-18(11-17)26(27,28)29)13-21(15)16-5-4-8-19(12-16)32-23-22(30)14-31-25(34-23)36-2/h3-14H,1-2H3,(H,33,35)(H,31,32,34). The molecule has 1 heterocycles. The topological polar surface area (TPSA) is 66.9 Å². The Morgan fingerprint density at radius 2 is 1.78 bits per heavy atom. The first kappa shape index (κ1) is 26.0. The van der Waals surface area contributed by atoms with Crippen LogP contribution < -0.4 is 10.6 Å². The summed E-state index contributed by atoms with van der Waals surface area (Å²) in [4.78, 5) is 21.4. The van der Waals surface area contributed by atoms with E-state index in [-0.39, 0.29) is 5.56 Å². The number of anilines is 3. The summed E-state index contributed by atoms with van der Waals surface area (Å²) in [6.45, 7) is 1.95. The maximum Gasteiger partial charge on any atom is 0.416 e. The van der Waals surface area contributed by atoms with E-state index in [9.17, 15) is 18.0 Å². The third kappa shape index (κ3) is 6.16. The van der Waals surface area contributed by atoms with E-state index < -0.39 is 17.6 Å². The van der Waals surface area contributed by atoms with Gasteiger partial charge in [0.2, 0.25) is 0 Å². The van der Waals surface area contributed by atoms with Crippen molar-refractivity contribution in [3.8, 4) is 11.1 Å². The number of nitrogens with zero attached hydrogens (tertiary/aromatic N) is 2. The summed E-state index contributed by atoms with van der Waals surface area (Å²) in [5.41, 5.74) is 3.13. The lowest BCUT2D eigenvalue weighted by molar-refractivity contribution is -0.137. The van der Waals surface area contributed by atoms with Crippen LogP contribution in [0.3, 0.4) is 0 Å². The monoisotopic (exact) mass is 620 g/mol. The van der Waals surface area contributed by atoms with Crippen LogP contribution in [-0.2, 0) is 6.18 Å². The van der Waals surface area contributed by atoms with Gasteiger partial charge in [-0.05, 0) is 94.9 Å². The van der Waals surface area contributed by atoms with Gasteiger partial charge in [0.25, 0.3) is 5.91 Å². The number of amides is 1. The molecule has 10 heteroatoms. The number of alkyl halides is 3. The second kappa shape index (κ2) is 10.9. The Morgan fingerprint density at radius 3 is 2.53 bits per heavy atom. The Kier molecular flexibility index (Phi) is 7.84. The zero-order valence-electron chi connectivity index (χ0n) is 19.2. The van der Waals surface area contributed by atoms with Crippen LogP contribution in [0.4, 0.5) is 30.4 Å². The molecule has 0 aliphatic heterocycles. The van der Waals surface area contributed by atoms with Gasteiger partial charge in [0.05, 0.1) is 9.13 Å². The molecule has 0 radical (unpaired) electrons. The first-order valence-electron chi connectivity index (χ1n) is 10.7. The van der Waals surface area contributed by atoms with E-state index in [1.54, 1.807) is 18.3 Å². The summed E-state index contributed by atoms with van der Waals surface area (Å²) in [5, 5.41) is 6.70. The first-order valence-corrected chi connectivity index (χ1v) is 13.0. The number of thioether (sulfide) groups is 1. The fraction of sp³-hybridized carbons (Fsp3) is 0.115. The first-order chi connectivity index (χ1) is 17.1. The molecule has 0 aliphatic rings. The maximum absolute atomic E-state index is 13.0. The van der Waals surface area contributed by atoms with Crippen LogP contribution in [0, 0.1) is 10.5 Å². The predicted octanol–water partition coefficient (Wildman–Crippen LogP) is 7.79. The van der Waals surface area contributed by atoms with Crippen LogP contribution in [0.1, 0.15) is 21.5 Å². The highest BCUT2D eigenvalue weighted by Gasteiger charge is 2.30.